The van der Waals surface area contributed by atoms with Crippen LogP contribution in [0.25, 0.3) is 0 Å². The number of aliphatic hydroxyl groups is 1. The molecule has 0 radical (unpaired) electrons. The van der Waals surface area contributed by atoms with Gasteiger partial charge < -0.3 is 9.52 Å². The lowest BCUT2D eigenvalue weighted by molar-refractivity contribution is 0.0211. The van der Waals surface area contributed by atoms with Crippen molar-refractivity contribution in [1.82, 2.24) is 0 Å². The van der Waals surface area contributed by atoms with E-state index in [1.807, 2.05) is 0 Å². The predicted molar refractivity (Wildman–Crippen MR) is 63.4 cm³/mol. The SMILES string of the molecule is O=C(c1occc1Br)C1(O)CCCCCC1. The zero-order chi connectivity index (χ0) is 11.6. The molecule has 0 bridgehead atoms. The van der Waals surface area contributed by atoms with Crippen molar-refractivity contribution < 1.29 is 14.3 Å². The van der Waals surface area contributed by atoms with Crippen LogP contribution in [0.1, 0.15) is 49.1 Å². The zero-order valence-electron chi connectivity index (χ0n) is 9.04. The summed E-state index contributed by atoms with van der Waals surface area (Å²) in [5.41, 5.74) is -1.23. The second-order valence-electron chi connectivity index (χ2n) is 4.37. The topological polar surface area (TPSA) is 50.4 Å². The third-order valence-electron chi connectivity index (χ3n) is 3.18. The Morgan fingerprint density at radius 1 is 1.31 bits per heavy atom. The van der Waals surface area contributed by atoms with Crippen molar-refractivity contribution >= 4 is 21.7 Å². The summed E-state index contributed by atoms with van der Waals surface area (Å²) in [4.78, 5) is 12.2. The van der Waals surface area contributed by atoms with Crippen molar-refractivity contribution in [3.8, 4) is 0 Å². The summed E-state index contributed by atoms with van der Waals surface area (Å²) >= 11 is 3.25. The van der Waals surface area contributed by atoms with Crippen LogP contribution in [-0.2, 0) is 0 Å². The average molecular weight is 287 g/mol. The standard InChI is InChI=1S/C12H15BrO3/c13-9-5-8-16-10(9)11(14)12(15)6-3-1-2-4-7-12/h5,8,15H,1-4,6-7H2. The van der Waals surface area contributed by atoms with E-state index in [2.05, 4.69) is 15.9 Å². The second kappa shape index (κ2) is 4.72. The molecule has 0 amide bonds. The predicted octanol–water partition coefficient (Wildman–Crippen LogP) is 3.31. The van der Waals surface area contributed by atoms with Crippen LogP contribution >= 0.6 is 15.9 Å². The first kappa shape index (κ1) is 11.9. The zero-order valence-corrected chi connectivity index (χ0v) is 10.6. The van der Waals surface area contributed by atoms with Crippen LogP contribution in [0.15, 0.2) is 21.2 Å². The van der Waals surface area contributed by atoms with Crippen LogP contribution < -0.4 is 0 Å². The molecule has 0 unspecified atom stereocenters. The fourth-order valence-corrected chi connectivity index (χ4v) is 2.59. The van der Waals surface area contributed by atoms with Crippen LogP contribution in [0, 0.1) is 0 Å². The summed E-state index contributed by atoms with van der Waals surface area (Å²) in [5, 5.41) is 10.4. The number of furan rings is 1. The van der Waals surface area contributed by atoms with Gasteiger partial charge in [0.2, 0.25) is 5.78 Å². The van der Waals surface area contributed by atoms with Gasteiger partial charge in [0, 0.05) is 0 Å². The Bertz CT molecular complexity index is 375. The third-order valence-corrected chi connectivity index (χ3v) is 3.80. The van der Waals surface area contributed by atoms with Crippen LogP contribution in [0.3, 0.4) is 0 Å². The third kappa shape index (κ3) is 2.23. The molecule has 0 spiro atoms. The van der Waals surface area contributed by atoms with Gasteiger partial charge in [0.05, 0.1) is 10.7 Å². The van der Waals surface area contributed by atoms with Gasteiger partial charge in [0.1, 0.15) is 5.60 Å². The number of halogens is 1. The van der Waals surface area contributed by atoms with Gasteiger partial charge in [-0.15, -0.1) is 0 Å². The summed E-state index contributed by atoms with van der Waals surface area (Å²) in [7, 11) is 0. The van der Waals surface area contributed by atoms with E-state index in [9.17, 15) is 9.90 Å². The quantitative estimate of drug-likeness (QED) is 0.670. The number of hydrogen-bond donors (Lipinski definition) is 1. The minimum Gasteiger partial charge on any atom is -0.460 e. The van der Waals surface area contributed by atoms with Crippen molar-refractivity contribution in [3.63, 3.8) is 0 Å². The molecular formula is C12H15BrO3. The normalized spacial score (nSPS) is 20.4. The molecule has 1 aliphatic rings. The Kier molecular flexibility index (Phi) is 3.50. The molecule has 4 heteroatoms. The van der Waals surface area contributed by atoms with Crippen molar-refractivity contribution in [2.24, 2.45) is 0 Å². The number of Topliss-reactive ketones (excluding diaryl/α,β-unsaturated/α-hetero) is 1. The number of carbonyl (C=O) groups excluding carboxylic acids is 1. The van der Waals surface area contributed by atoms with Gasteiger partial charge in [-0.05, 0) is 34.8 Å². The summed E-state index contributed by atoms with van der Waals surface area (Å²) in [6, 6.07) is 1.67. The van der Waals surface area contributed by atoms with E-state index in [0.29, 0.717) is 17.3 Å². The largest absolute Gasteiger partial charge is 0.460 e. The maximum absolute atomic E-state index is 12.2. The highest BCUT2D eigenvalue weighted by molar-refractivity contribution is 9.10. The van der Waals surface area contributed by atoms with Gasteiger partial charge in [0.15, 0.2) is 5.76 Å². The number of ketones is 1. The molecule has 16 heavy (non-hydrogen) atoms. The molecule has 1 aromatic heterocycles. The molecule has 1 fully saturated rings. The summed E-state index contributed by atoms with van der Waals surface area (Å²) in [6.45, 7) is 0. The van der Waals surface area contributed by atoms with Crippen molar-refractivity contribution in [3.05, 3.63) is 22.6 Å². The molecule has 88 valence electrons. The number of rotatable bonds is 2. The van der Waals surface area contributed by atoms with Gasteiger partial charge in [0.25, 0.3) is 0 Å². The van der Waals surface area contributed by atoms with E-state index < -0.39 is 5.60 Å². The summed E-state index contributed by atoms with van der Waals surface area (Å²) < 4.78 is 5.75. The molecule has 0 saturated heterocycles. The van der Waals surface area contributed by atoms with Crippen LogP contribution in [0.2, 0.25) is 0 Å². The van der Waals surface area contributed by atoms with E-state index in [0.717, 1.165) is 25.7 Å². The monoisotopic (exact) mass is 286 g/mol. The Morgan fingerprint density at radius 2 is 1.94 bits per heavy atom. The van der Waals surface area contributed by atoms with Crippen LogP contribution in [0.5, 0.6) is 0 Å². The first-order chi connectivity index (χ1) is 7.63. The lowest BCUT2D eigenvalue weighted by Crippen LogP contribution is -2.38. The molecule has 0 atom stereocenters. The highest BCUT2D eigenvalue weighted by atomic mass is 79.9. The molecule has 0 aliphatic heterocycles. The van der Waals surface area contributed by atoms with E-state index in [1.165, 1.54) is 6.26 Å². The van der Waals surface area contributed by atoms with Gasteiger partial charge in [-0.2, -0.15) is 0 Å². The maximum Gasteiger partial charge on any atom is 0.230 e. The summed E-state index contributed by atoms with van der Waals surface area (Å²) in [5.74, 6) is -0.0457. The fraction of sp³-hybridized carbons (Fsp3) is 0.583. The molecule has 1 N–H and O–H groups in total. The smallest absolute Gasteiger partial charge is 0.230 e. The molecular weight excluding hydrogens is 272 g/mol. The minimum absolute atomic E-state index is 0.240. The lowest BCUT2D eigenvalue weighted by Gasteiger charge is -2.23. The fourth-order valence-electron chi connectivity index (χ4n) is 2.21. The highest BCUT2D eigenvalue weighted by Crippen LogP contribution is 2.32. The van der Waals surface area contributed by atoms with Gasteiger partial charge >= 0.3 is 0 Å². The maximum atomic E-state index is 12.2. The second-order valence-corrected chi connectivity index (χ2v) is 5.23. The Balaban J connectivity index is 2.22. The highest BCUT2D eigenvalue weighted by Gasteiger charge is 2.39. The molecule has 2 rings (SSSR count). The molecule has 1 aromatic rings. The van der Waals surface area contributed by atoms with Crippen molar-refractivity contribution in [1.29, 1.82) is 0 Å². The summed E-state index contributed by atoms with van der Waals surface area (Å²) in [6.07, 6.45) is 6.53. The van der Waals surface area contributed by atoms with Gasteiger partial charge in [-0.3, -0.25) is 4.79 Å². The molecule has 3 nitrogen and oxygen atoms in total. The minimum atomic E-state index is -1.23. The Morgan fingerprint density at radius 3 is 2.44 bits per heavy atom. The lowest BCUT2D eigenvalue weighted by atomic mass is 9.88. The van der Waals surface area contributed by atoms with Crippen molar-refractivity contribution in [2.45, 2.75) is 44.1 Å². The molecule has 1 aliphatic carbocycles. The Labute approximate surface area is 103 Å². The Hall–Kier alpha value is -0.610. The first-order valence-corrected chi connectivity index (χ1v) is 6.43. The van der Waals surface area contributed by atoms with Gasteiger partial charge in [-0.1, -0.05) is 25.7 Å². The van der Waals surface area contributed by atoms with Crippen LogP contribution in [-0.4, -0.2) is 16.5 Å². The van der Waals surface area contributed by atoms with Crippen LogP contribution in [0.4, 0.5) is 0 Å². The average Bonchev–Trinajstić information content (AvgIpc) is 2.55. The molecule has 1 heterocycles. The van der Waals surface area contributed by atoms with E-state index in [4.69, 9.17) is 4.42 Å². The molecule has 1 saturated carbocycles. The van der Waals surface area contributed by atoms with Gasteiger partial charge in [-0.25, -0.2) is 0 Å². The van der Waals surface area contributed by atoms with E-state index in [1.54, 1.807) is 6.07 Å². The number of hydrogen-bond acceptors (Lipinski definition) is 3. The van der Waals surface area contributed by atoms with E-state index >= 15 is 0 Å². The number of carbonyl (C=O) groups is 1. The first-order valence-electron chi connectivity index (χ1n) is 5.64. The van der Waals surface area contributed by atoms with E-state index in [-0.39, 0.29) is 11.5 Å². The van der Waals surface area contributed by atoms with Crippen molar-refractivity contribution in [2.75, 3.05) is 0 Å². The molecule has 0 aromatic carbocycles.